The molecule has 1 atom stereocenters. The summed E-state index contributed by atoms with van der Waals surface area (Å²) in [5, 5.41) is 0. The fourth-order valence-electron chi connectivity index (χ4n) is 1.96. The predicted molar refractivity (Wildman–Crippen MR) is 67.4 cm³/mol. The first-order valence-corrected chi connectivity index (χ1v) is 5.86. The van der Waals surface area contributed by atoms with Crippen LogP contribution in [-0.2, 0) is 9.53 Å². The summed E-state index contributed by atoms with van der Waals surface area (Å²) in [6.45, 7) is 4.06. The third-order valence-electron chi connectivity index (χ3n) is 2.82. The first kappa shape index (κ1) is 13.6. The highest BCUT2D eigenvalue weighted by atomic mass is 16.5. The zero-order chi connectivity index (χ0) is 12.8. The zero-order valence-electron chi connectivity index (χ0n) is 10.9. The van der Waals surface area contributed by atoms with Crippen LogP contribution in [0.1, 0.15) is 36.8 Å². The van der Waals surface area contributed by atoms with Gasteiger partial charge < -0.3 is 9.47 Å². The lowest BCUT2D eigenvalue weighted by Gasteiger charge is -2.17. The Morgan fingerprint density at radius 1 is 1.35 bits per heavy atom. The molecule has 1 aromatic carbocycles. The van der Waals surface area contributed by atoms with Gasteiger partial charge in [0, 0.05) is 5.56 Å². The van der Waals surface area contributed by atoms with Crippen molar-refractivity contribution in [3.63, 3.8) is 0 Å². The van der Waals surface area contributed by atoms with Crippen LogP contribution in [0.3, 0.4) is 0 Å². The molecule has 3 heteroatoms. The molecule has 0 spiro atoms. The van der Waals surface area contributed by atoms with Gasteiger partial charge in [-0.2, -0.15) is 0 Å². The Balaban J connectivity index is 3.15. The normalized spacial score (nSPS) is 12.0. The van der Waals surface area contributed by atoms with Gasteiger partial charge in [-0.25, -0.2) is 0 Å². The monoisotopic (exact) mass is 236 g/mol. The van der Waals surface area contributed by atoms with Crippen molar-refractivity contribution in [3.8, 4) is 5.75 Å². The maximum absolute atomic E-state index is 11.8. The van der Waals surface area contributed by atoms with E-state index in [1.165, 1.54) is 7.11 Å². The molecule has 0 saturated carbocycles. The highest BCUT2D eigenvalue weighted by molar-refractivity contribution is 5.79. The van der Waals surface area contributed by atoms with E-state index < -0.39 is 0 Å². The van der Waals surface area contributed by atoms with Gasteiger partial charge in [0.05, 0.1) is 20.1 Å². The van der Waals surface area contributed by atoms with Crippen LogP contribution in [0, 0.1) is 6.92 Å². The molecule has 0 aromatic heterocycles. The molecule has 0 bridgehead atoms. The van der Waals surface area contributed by atoms with E-state index in [2.05, 4.69) is 6.92 Å². The Hall–Kier alpha value is -1.51. The van der Waals surface area contributed by atoms with Crippen molar-refractivity contribution >= 4 is 5.97 Å². The molecule has 3 nitrogen and oxygen atoms in total. The maximum atomic E-state index is 11.8. The second-order valence-corrected chi connectivity index (χ2v) is 4.11. The quantitative estimate of drug-likeness (QED) is 0.737. The molecule has 1 rings (SSSR count). The molecule has 0 radical (unpaired) electrons. The molecule has 0 aliphatic carbocycles. The zero-order valence-corrected chi connectivity index (χ0v) is 10.9. The molecule has 0 N–H and O–H groups in total. The van der Waals surface area contributed by atoms with E-state index in [0.29, 0.717) is 0 Å². The largest absolute Gasteiger partial charge is 0.496 e. The molecule has 0 aliphatic rings. The van der Waals surface area contributed by atoms with Crippen molar-refractivity contribution < 1.29 is 14.3 Å². The molecule has 0 heterocycles. The number of hydrogen-bond donors (Lipinski definition) is 0. The van der Waals surface area contributed by atoms with Gasteiger partial charge in [-0.15, -0.1) is 0 Å². The van der Waals surface area contributed by atoms with Crippen molar-refractivity contribution in [1.29, 1.82) is 0 Å². The summed E-state index contributed by atoms with van der Waals surface area (Å²) in [6, 6.07) is 5.87. The Bertz CT molecular complexity index is 385. The Kier molecular flexibility index (Phi) is 5.01. The second-order valence-electron chi connectivity index (χ2n) is 4.11. The SMILES string of the molecule is CCCC(C(=O)OC)c1cc(C)ccc1OC. The molecule has 1 unspecified atom stereocenters. The van der Waals surface area contributed by atoms with Gasteiger partial charge in [-0.1, -0.05) is 31.0 Å². The minimum Gasteiger partial charge on any atom is -0.496 e. The van der Waals surface area contributed by atoms with E-state index in [1.807, 2.05) is 25.1 Å². The Morgan fingerprint density at radius 2 is 2.06 bits per heavy atom. The van der Waals surface area contributed by atoms with Crippen molar-refractivity contribution in [2.24, 2.45) is 0 Å². The van der Waals surface area contributed by atoms with E-state index in [-0.39, 0.29) is 11.9 Å². The van der Waals surface area contributed by atoms with Gasteiger partial charge in [-0.3, -0.25) is 4.79 Å². The number of carbonyl (C=O) groups excluding carboxylic acids is 1. The van der Waals surface area contributed by atoms with E-state index in [4.69, 9.17) is 9.47 Å². The third-order valence-corrected chi connectivity index (χ3v) is 2.82. The smallest absolute Gasteiger partial charge is 0.313 e. The number of benzene rings is 1. The van der Waals surface area contributed by atoms with E-state index in [1.54, 1.807) is 7.11 Å². The van der Waals surface area contributed by atoms with Crippen LogP contribution in [0.25, 0.3) is 0 Å². The van der Waals surface area contributed by atoms with Crippen LogP contribution in [0.15, 0.2) is 18.2 Å². The number of rotatable bonds is 5. The summed E-state index contributed by atoms with van der Waals surface area (Å²) < 4.78 is 10.2. The number of ether oxygens (including phenoxy) is 2. The number of esters is 1. The Morgan fingerprint density at radius 3 is 2.59 bits per heavy atom. The van der Waals surface area contributed by atoms with Crippen LogP contribution >= 0.6 is 0 Å². The molecule has 94 valence electrons. The third kappa shape index (κ3) is 3.22. The van der Waals surface area contributed by atoms with Crippen molar-refractivity contribution in [2.45, 2.75) is 32.6 Å². The molecule has 0 saturated heterocycles. The number of methoxy groups -OCH3 is 2. The lowest BCUT2D eigenvalue weighted by Crippen LogP contribution is -2.15. The van der Waals surface area contributed by atoms with Gasteiger partial charge in [0.25, 0.3) is 0 Å². The summed E-state index contributed by atoms with van der Waals surface area (Å²) >= 11 is 0. The van der Waals surface area contributed by atoms with Gasteiger partial charge in [0.15, 0.2) is 0 Å². The Labute approximate surface area is 103 Å². The first-order chi connectivity index (χ1) is 8.13. The molecule has 0 aliphatic heterocycles. The molecule has 0 amide bonds. The average Bonchev–Trinajstić information content (AvgIpc) is 2.35. The summed E-state index contributed by atoms with van der Waals surface area (Å²) in [6.07, 6.45) is 1.70. The van der Waals surface area contributed by atoms with Crippen LogP contribution in [0.4, 0.5) is 0 Å². The van der Waals surface area contributed by atoms with E-state index >= 15 is 0 Å². The summed E-state index contributed by atoms with van der Waals surface area (Å²) in [5.41, 5.74) is 2.03. The molecule has 17 heavy (non-hydrogen) atoms. The summed E-state index contributed by atoms with van der Waals surface area (Å²) in [5.74, 6) is 0.315. The van der Waals surface area contributed by atoms with E-state index in [9.17, 15) is 4.79 Å². The number of carbonyl (C=O) groups is 1. The second kappa shape index (κ2) is 6.28. The number of aryl methyl sites for hydroxylation is 1. The summed E-state index contributed by atoms with van der Waals surface area (Å²) in [4.78, 5) is 11.8. The molecular weight excluding hydrogens is 216 g/mol. The topological polar surface area (TPSA) is 35.5 Å². The minimum atomic E-state index is -0.236. The van der Waals surface area contributed by atoms with Crippen molar-refractivity contribution in [2.75, 3.05) is 14.2 Å². The van der Waals surface area contributed by atoms with Gasteiger partial charge in [-0.05, 0) is 19.4 Å². The highest BCUT2D eigenvalue weighted by Gasteiger charge is 2.23. The van der Waals surface area contributed by atoms with Crippen LogP contribution in [0.2, 0.25) is 0 Å². The van der Waals surface area contributed by atoms with Crippen molar-refractivity contribution in [1.82, 2.24) is 0 Å². The van der Waals surface area contributed by atoms with Crippen LogP contribution in [0.5, 0.6) is 5.75 Å². The molecule has 0 fully saturated rings. The van der Waals surface area contributed by atoms with Gasteiger partial charge in [0.1, 0.15) is 5.75 Å². The fourth-order valence-corrected chi connectivity index (χ4v) is 1.96. The van der Waals surface area contributed by atoms with E-state index in [0.717, 1.165) is 29.7 Å². The van der Waals surface area contributed by atoms with Crippen LogP contribution in [-0.4, -0.2) is 20.2 Å². The summed E-state index contributed by atoms with van der Waals surface area (Å²) in [7, 11) is 3.04. The highest BCUT2D eigenvalue weighted by Crippen LogP contribution is 2.31. The average molecular weight is 236 g/mol. The minimum absolute atomic E-state index is 0.198. The predicted octanol–water partition coefficient (Wildman–Crippen LogP) is 3.06. The molecular formula is C14H20O3. The molecule has 1 aromatic rings. The van der Waals surface area contributed by atoms with Crippen molar-refractivity contribution in [3.05, 3.63) is 29.3 Å². The lowest BCUT2D eigenvalue weighted by molar-refractivity contribution is -0.142. The maximum Gasteiger partial charge on any atom is 0.313 e. The first-order valence-electron chi connectivity index (χ1n) is 5.86. The fraction of sp³-hybridized carbons (Fsp3) is 0.500. The van der Waals surface area contributed by atoms with Crippen LogP contribution < -0.4 is 4.74 Å². The lowest BCUT2D eigenvalue weighted by atomic mass is 9.92. The standard InChI is InChI=1S/C14H20O3/c1-5-6-11(14(15)17-4)12-9-10(2)7-8-13(12)16-3/h7-9,11H,5-6H2,1-4H3. The van der Waals surface area contributed by atoms with Gasteiger partial charge >= 0.3 is 5.97 Å². The number of hydrogen-bond acceptors (Lipinski definition) is 3. The van der Waals surface area contributed by atoms with Gasteiger partial charge in [0.2, 0.25) is 0 Å².